The number of rotatable bonds is 1. The number of nitrogens with zero attached hydrogens (tertiary/aromatic N) is 1. The van der Waals surface area contributed by atoms with Gasteiger partial charge in [-0.3, -0.25) is 0 Å². The van der Waals surface area contributed by atoms with E-state index in [-0.39, 0.29) is 0 Å². The van der Waals surface area contributed by atoms with Gasteiger partial charge in [-0.25, -0.2) is 0 Å². The van der Waals surface area contributed by atoms with Crippen LogP contribution in [0.15, 0.2) is 33.3 Å². The third-order valence-electron chi connectivity index (χ3n) is 2.15. The molecule has 2 nitrogen and oxygen atoms in total. The van der Waals surface area contributed by atoms with Gasteiger partial charge in [0.25, 0.3) is 0 Å². The molecular weight excluding hydrogens is 242 g/mol. The van der Waals surface area contributed by atoms with Crippen LogP contribution < -0.4 is 0 Å². The number of hydrogen-bond acceptors (Lipinski definition) is 2. The van der Waals surface area contributed by atoms with Crippen LogP contribution in [0.1, 0.15) is 11.5 Å². The van der Waals surface area contributed by atoms with Gasteiger partial charge in [-0.05, 0) is 31.5 Å². The molecule has 0 radical (unpaired) electrons. The van der Waals surface area contributed by atoms with E-state index in [1.54, 1.807) is 0 Å². The van der Waals surface area contributed by atoms with Gasteiger partial charge in [-0.1, -0.05) is 33.2 Å². The van der Waals surface area contributed by atoms with E-state index < -0.39 is 0 Å². The Bertz CT molecular complexity index is 443. The number of halogens is 1. The molecule has 0 aliphatic rings. The summed E-state index contributed by atoms with van der Waals surface area (Å²) >= 11 is 3.45. The van der Waals surface area contributed by atoms with E-state index in [1.165, 1.54) is 0 Å². The Morgan fingerprint density at radius 2 is 2.07 bits per heavy atom. The quantitative estimate of drug-likeness (QED) is 0.773. The number of aromatic nitrogens is 1. The molecule has 0 aliphatic carbocycles. The maximum absolute atomic E-state index is 5.12. The fourth-order valence-corrected chi connectivity index (χ4v) is 1.94. The van der Waals surface area contributed by atoms with Crippen LogP contribution in [0.4, 0.5) is 0 Å². The molecule has 72 valence electrons. The fraction of sp³-hybridized carbons (Fsp3) is 0.182. The first kappa shape index (κ1) is 9.46. The Labute approximate surface area is 91.1 Å². The summed E-state index contributed by atoms with van der Waals surface area (Å²) in [4.78, 5) is 0. The lowest BCUT2D eigenvalue weighted by Gasteiger charge is -2.00. The summed E-state index contributed by atoms with van der Waals surface area (Å²) in [7, 11) is 0. The van der Waals surface area contributed by atoms with Crippen LogP contribution in [0.2, 0.25) is 0 Å². The zero-order chi connectivity index (χ0) is 10.1. The van der Waals surface area contributed by atoms with Crippen molar-refractivity contribution >= 4 is 15.9 Å². The van der Waals surface area contributed by atoms with Gasteiger partial charge >= 0.3 is 0 Å². The van der Waals surface area contributed by atoms with Crippen LogP contribution >= 0.6 is 15.9 Å². The molecule has 2 rings (SSSR count). The zero-order valence-corrected chi connectivity index (χ0v) is 9.63. The van der Waals surface area contributed by atoms with Gasteiger partial charge in [0.05, 0.1) is 5.69 Å². The molecule has 1 aromatic carbocycles. The van der Waals surface area contributed by atoms with Crippen LogP contribution in [-0.4, -0.2) is 5.16 Å². The van der Waals surface area contributed by atoms with Crippen LogP contribution in [0.3, 0.4) is 0 Å². The molecule has 0 saturated heterocycles. The molecule has 1 aromatic heterocycles. The van der Waals surface area contributed by atoms with Crippen molar-refractivity contribution in [3.8, 4) is 11.1 Å². The Hall–Kier alpha value is -1.09. The third kappa shape index (κ3) is 1.60. The number of hydrogen-bond donors (Lipinski definition) is 0. The molecule has 14 heavy (non-hydrogen) atoms. The van der Waals surface area contributed by atoms with Crippen LogP contribution in [-0.2, 0) is 0 Å². The highest BCUT2D eigenvalue weighted by Gasteiger charge is 2.10. The lowest BCUT2D eigenvalue weighted by atomic mass is 10.0. The van der Waals surface area contributed by atoms with Crippen molar-refractivity contribution in [2.24, 2.45) is 0 Å². The van der Waals surface area contributed by atoms with E-state index in [2.05, 4.69) is 33.2 Å². The first-order chi connectivity index (χ1) is 6.68. The minimum Gasteiger partial charge on any atom is -0.361 e. The fourth-order valence-electron chi connectivity index (χ4n) is 1.54. The average Bonchev–Trinajstić information content (AvgIpc) is 2.46. The van der Waals surface area contributed by atoms with Crippen molar-refractivity contribution in [2.75, 3.05) is 0 Å². The second-order valence-electron chi connectivity index (χ2n) is 3.21. The number of aryl methyl sites for hydroxylation is 2. The first-order valence-corrected chi connectivity index (χ1v) is 5.16. The molecule has 2 aromatic rings. The minimum absolute atomic E-state index is 0.862. The Morgan fingerprint density at radius 1 is 1.29 bits per heavy atom. The molecule has 0 N–H and O–H groups in total. The van der Waals surface area contributed by atoms with E-state index in [0.717, 1.165) is 27.1 Å². The average molecular weight is 252 g/mol. The zero-order valence-electron chi connectivity index (χ0n) is 8.04. The largest absolute Gasteiger partial charge is 0.361 e. The summed E-state index contributed by atoms with van der Waals surface area (Å²) in [6.07, 6.45) is 0. The SMILES string of the molecule is Cc1noc(C)c1-c1cccc(Br)c1. The first-order valence-electron chi connectivity index (χ1n) is 4.37. The maximum Gasteiger partial charge on any atom is 0.141 e. The van der Waals surface area contributed by atoms with Crippen LogP contribution in [0, 0.1) is 13.8 Å². The van der Waals surface area contributed by atoms with Gasteiger partial charge in [-0.2, -0.15) is 0 Å². The second kappa shape index (κ2) is 3.58. The summed E-state index contributed by atoms with van der Waals surface area (Å²) in [5.41, 5.74) is 3.16. The van der Waals surface area contributed by atoms with E-state index in [1.807, 2.05) is 26.0 Å². The summed E-state index contributed by atoms with van der Waals surface area (Å²) in [5.74, 6) is 0.862. The van der Waals surface area contributed by atoms with Crippen LogP contribution in [0.5, 0.6) is 0 Å². The summed E-state index contributed by atoms with van der Waals surface area (Å²) in [5, 5.41) is 3.93. The smallest absolute Gasteiger partial charge is 0.141 e. The lowest BCUT2D eigenvalue weighted by molar-refractivity contribution is 0.393. The van der Waals surface area contributed by atoms with Crippen molar-refractivity contribution in [3.05, 3.63) is 40.2 Å². The van der Waals surface area contributed by atoms with E-state index in [4.69, 9.17) is 4.52 Å². The van der Waals surface area contributed by atoms with Gasteiger partial charge in [-0.15, -0.1) is 0 Å². The van der Waals surface area contributed by atoms with Gasteiger partial charge in [0.2, 0.25) is 0 Å². The Kier molecular flexibility index (Phi) is 2.42. The molecule has 0 amide bonds. The van der Waals surface area contributed by atoms with Crippen molar-refractivity contribution in [3.63, 3.8) is 0 Å². The summed E-state index contributed by atoms with van der Waals surface area (Å²) < 4.78 is 6.19. The van der Waals surface area contributed by atoms with Gasteiger partial charge in [0, 0.05) is 10.0 Å². The van der Waals surface area contributed by atoms with E-state index in [0.29, 0.717) is 0 Å². The highest BCUT2D eigenvalue weighted by molar-refractivity contribution is 9.10. The molecule has 0 aliphatic heterocycles. The highest BCUT2D eigenvalue weighted by atomic mass is 79.9. The molecule has 0 unspecified atom stereocenters. The molecule has 0 fully saturated rings. The van der Waals surface area contributed by atoms with Crippen LogP contribution in [0.25, 0.3) is 11.1 Å². The second-order valence-corrected chi connectivity index (χ2v) is 4.13. The predicted molar refractivity (Wildman–Crippen MR) is 59.1 cm³/mol. The Morgan fingerprint density at radius 3 is 2.64 bits per heavy atom. The predicted octanol–water partition coefficient (Wildman–Crippen LogP) is 3.72. The molecule has 0 bridgehead atoms. The monoisotopic (exact) mass is 251 g/mol. The molecular formula is C11H10BrNO. The van der Waals surface area contributed by atoms with Crippen molar-refractivity contribution < 1.29 is 4.52 Å². The van der Waals surface area contributed by atoms with Crippen molar-refractivity contribution in [1.29, 1.82) is 0 Å². The molecule has 0 saturated carbocycles. The van der Waals surface area contributed by atoms with Crippen molar-refractivity contribution in [2.45, 2.75) is 13.8 Å². The lowest BCUT2D eigenvalue weighted by Crippen LogP contribution is -1.81. The third-order valence-corrected chi connectivity index (χ3v) is 2.64. The van der Waals surface area contributed by atoms with E-state index in [9.17, 15) is 0 Å². The molecule has 0 spiro atoms. The Balaban J connectivity index is 2.59. The van der Waals surface area contributed by atoms with Gasteiger partial charge < -0.3 is 4.52 Å². The standard InChI is InChI=1S/C11H10BrNO/c1-7-11(8(2)14-13-7)9-4-3-5-10(12)6-9/h3-6H,1-2H3. The maximum atomic E-state index is 5.12. The molecule has 3 heteroatoms. The van der Waals surface area contributed by atoms with E-state index >= 15 is 0 Å². The van der Waals surface area contributed by atoms with Gasteiger partial charge in [0.15, 0.2) is 0 Å². The summed E-state index contributed by atoms with van der Waals surface area (Å²) in [6.45, 7) is 3.88. The van der Waals surface area contributed by atoms with Crippen molar-refractivity contribution in [1.82, 2.24) is 5.16 Å². The van der Waals surface area contributed by atoms with Gasteiger partial charge in [0.1, 0.15) is 5.76 Å². The molecule has 1 heterocycles. The number of benzene rings is 1. The molecule has 0 atom stereocenters. The highest BCUT2D eigenvalue weighted by Crippen LogP contribution is 2.28. The minimum atomic E-state index is 0.862. The topological polar surface area (TPSA) is 26.0 Å². The normalized spacial score (nSPS) is 10.5. The summed E-state index contributed by atoms with van der Waals surface area (Å²) in [6, 6.07) is 8.12.